The van der Waals surface area contributed by atoms with Gasteiger partial charge in [0.1, 0.15) is 12.8 Å². The van der Waals surface area contributed by atoms with Gasteiger partial charge in [-0.1, -0.05) is 0 Å². The summed E-state index contributed by atoms with van der Waals surface area (Å²) in [6, 6.07) is 0. The molecule has 0 spiro atoms. The zero-order valence-corrected chi connectivity index (χ0v) is 9.71. The number of rotatable bonds is 5. The highest BCUT2D eigenvalue weighted by molar-refractivity contribution is 5.70. The van der Waals surface area contributed by atoms with Gasteiger partial charge in [0.05, 0.1) is 13.2 Å². The maximum absolute atomic E-state index is 13.6. The first kappa shape index (κ1) is 13.4. The van der Waals surface area contributed by atoms with Gasteiger partial charge in [-0.3, -0.25) is 14.3 Å². The number of hydrogen-bond acceptors (Lipinski definition) is 7. The summed E-state index contributed by atoms with van der Waals surface area (Å²) in [5, 5.41) is 17.7. The summed E-state index contributed by atoms with van der Waals surface area (Å²) in [6.45, 7) is -1.23. The van der Waals surface area contributed by atoms with E-state index in [9.17, 15) is 9.18 Å². The summed E-state index contributed by atoms with van der Waals surface area (Å²) in [5.41, 5.74) is 4.41. The van der Waals surface area contributed by atoms with E-state index in [0.29, 0.717) is 0 Å². The highest BCUT2D eigenvalue weighted by Gasteiger charge is 2.16. The van der Waals surface area contributed by atoms with Gasteiger partial charge in [0.2, 0.25) is 5.95 Å². The van der Waals surface area contributed by atoms with Crippen LogP contribution in [0.15, 0.2) is 4.79 Å². The molecule has 0 atom stereocenters. The highest BCUT2D eigenvalue weighted by Crippen LogP contribution is 2.11. The van der Waals surface area contributed by atoms with Crippen LogP contribution in [-0.2, 0) is 11.5 Å². The van der Waals surface area contributed by atoms with E-state index in [1.807, 2.05) is 0 Å². The molecule has 2 rings (SSSR count). The van der Waals surface area contributed by atoms with Crippen LogP contribution in [-0.4, -0.2) is 49.0 Å². The minimum atomic E-state index is -0.978. The second-order valence-corrected chi connectivity index (χ2v) is 3.72. The van der Waals surface area contributed by atoms with Crippen LogP contribution in [0.2, 0.25) is 0 Å². The summed E-state index contributed by atoms with van der Waals surface area (Å²) in [6.07, 6.45) is -1.84. The quantitative estimate of drug-likeness (QED) is 0.469. The van der Waals surface area contributed by atoms with Gasteiger partial charge in [-0.05, 0) is 0 Å². The molecule has 0 fully saturated rings. The van der Waals surface area contributed by atoms with Gasteiger partial charge in [-0.25, -0.2) is 0 Å². The first-order valence-corrected chi connectivity index (χ1v) is 5.31. The number of aromatic amines is 1. The van der Waals surface area contributed by atoms with Crippen molar-refractivity contribution in [3.63, 3.8) is 0 Å². The van der Waals surface area contributed by atoms with Crippen molar-refractivity contribution < 1.29 is 19.3 Å². The number of halogens is 1. The van der Waals surface area contributed by atoms with Crippen LogP contribution in [0.4, 0.5) is 10.3 Å². The molecule has 2 heterocycles. The third kappa shape index (κ3) is 2.54. The largest absolute Gasteiger partial charge is 0.394 e. The Kier molecular flexibility index (Phi) is 3.74. The minimum Gasteiger partial charge on any atom is -0.394 e. The van der Waals surface area contributed by atoms with Crippen molar-refractivity contribution in [1.29, 1.82) is 0 Å². The molecule has 0 saturated carbocycles. The van der Waals surface area contributed by atoms with Crippen molar-refractivity contribution >= 4 is 17.1 Å². The molecule has 0 saturated heterocycles. The average molecular weight is 272 g/mol. The van der Waals surface area contributed by atoms with E-state index < -0.39 is 31.0 Å². The van der Waals surface area contributed by atoms with Crippen LogP contribution in [0.25, 0.3) is 11.2 Å². The third-order valence-electron chi connectivity index (χ3n) is 2.42. The number of nitrogens with zero attached hydrogens (tertiary/aromatic N) is 3. The SMILES string of the molecule is Nc1nc2c(nc([18F])n2COC(CO)CO)c(=O)[nH]1. The molecule has 5 N–H and O–H groups in total. The van der Waals surface area contributed by atoms with Gasteiger partial charge < -0.3 is 20.7 Å². The minimum absolute atomic E-state index is 0.0756. The topological polar surface area (TPSA) is 139 Å². The van der Waals surface area contributed by atoms with Gasteiger partial charge in [0, 0.05) is 0 Å². The second kappa shape index (κ2) is 5.30. The van der Waals surface area contributed by atoms with Crippen LogP contribution >= 0.6 is 0 Å². The molecular formula is C9H12FN5O4. The zero-order chi connectivity index (χ0) is 14.0. The van der Waals surface area contributed by atoms with Crippen LogP contribution in [0, 0.1) is 6.08 Å². The normalized spacial score (nSPS) is 11.6. The first-order valence-electron chi connectivity index (χ1n) is 5.31. The number of nitrogens with one attached hydrogen (secondary N) is 1. The second-order valence-electron chi connectivity index (χ2n) is 3.72. The number of fused-ring (bicyclic) bond motifs is 1. The number of ether oxygens (including phenoxy) is 1. The standard InChI is InChI=1S/C9H12FN5O4/c10-8-12-5-6(13-9(11)14-7(5)18)15(8)3-19-4(1-16)2-17/h4,16-17H,1-3H2,(H3,11,13,14,18)/i10-1. The van der Waals surface area contributed by atoms with Gasteiger partial charge in [-0.15, -0.1) is 0 Å². The average Bonchev–Trinajstić information content (AvgIpc) is 2.68. The zero-order valence-electron chi connectivity index (χ0n) is 9.71. The Hall–Kier alpha value is -2.04. The number of anilines is 1. The summed E-state index contributed by atoms with van der Waals surface area (Å²) in [7, 11) is 0. The molecule has 0 aliphatic carbocycles. The Morgan fingerprint density at radius 1 is 1.42 bits per heavy atom. The Labute approximate surface area is 105 Å². The van der Waals surface area contributed by atoms with Crippen molar-refractivity contribution in [1.82, 2.24) is 19.5 Å². The summed E-state index contributed by atoms with van der Waals surface area (Å²) >= 11 is 0. The lowest BCUT2D eigenvalue weighted by Crippen LogP contribution is -2.24. The molecule has 9 nitrogen and oxygen atoms in total. The van der Waals surface area contributed by atoms with Crippen LogP contribution < -0.4 is 11.3 Å². The Morgan fingerprint density at radius 3 is 2.74 bits per heavy atom. The number of nitrogen functional groups attached to an aromatic ring is 1. The van der Waals surface area contributed by atoms with Crippen LogP contribution in [0.1, 0.15) is 0 Å². The van der Waals surface area contributed by atoms with Crippen molar-refractivity contribution in [2.45, 2.75) is 12.8 Å². The molecule has 2 aromatic heterocycles. The van der Waals surface area contributed by atoms with Gasteiger partial charge in [0.15, 0.2) is 11.2 Å². The summed E-state index contributed by atoms with van der Waals surface area (Å²) in [4.78, 5) is 20.8. The molecule has 0 unspecified atom stereocenters. The lowest BCUT2D eigenvalue weighted by molar-refractivity contribution is -0.0517. The van der Waals surface area contributed by atoms with Crippen molar-refractivity contribution in [3.8, 4) is 0 Å². The number of nitrogens with two attached hydrogens (primary N) is 1. The summed E-state index contributed by atoms with van der Waals surface area (Å²) < 4.78 is 19.5. The Balaban J connectivity index is 2.37. The molecule has 10 heteroatoms. The lowest BCUT2D eigenvalue weighted by atomic mass is 10.4. The van der Waals surface area contributed by atoms with E-state index in [0.717, 1.165) is 4.57 Å². The number of aliphatic hydroxyl groups is 2. The molecule has 0 aliphatic rings. The first-order chi connectivity index (χ1) is 9.06. The fourth-order valence-electron chi connectivity index (χ4n) is 1.46. The fraction of sp³-hybridized carbons (Fsp3) is 0.444. The van der Waals surface area contributed by atoms with E-state index in [4.69, 9.17) is 20.7 Å². The molecule has 104 valence electrons. The Bertz CT molecular complexity index is 635. The molecule has 0 amide bonds. The van der Waals surface area contributed by atoms with Crippen molar-refractivity contribution in [2.75, 3.05) is 18.9 Å². The van der Waals surface area contributed by atoms with E-state index in [1.165, 1.54) is 0 Å². The number of hydrogen-bond donors (Lipinski definition) is 4. The Morgan fingerprint density at radius 2 is 2.11 bits per heavy atom. The smallest absolute Gasteiger partial charge is 0.293 e. The number of H-pyrrole nitrogens is 1. The third-order valence-corrected chi connectivity index (χ3v) is 2.42. The number of aromatic nitrogens is 4. The van der Waals surface area contributed by atoms with Crippen molar-refractivity contribution in [3.05, 3.63) is 16.4 Å². The lowest BCUT2D eigenvalue weighted by Gasteiger charge is -2.13. The monoisotopic (exact) mass is 272 g/mol. The fourth-order valence-corrected chi connectivity index (χ4v) is 1.46. The van der Waals surface area contributed by atoms with Gasteiger partial charge >= 0.3 is 0 Å². The molecule has 0 bridgehead atoms. The van der Waals surface area contributed by atoms with Crippen LogP contribution in [0.3, 0.4) is 0 Å². The van der Waals surface area contributed by atoms with E-state index in [1.54, 1.807) is 0 Å². The van der Waals surface area contributed by atoms with E-state index >= 15 is 0 Å². The molecule has 0 radical (unpaired) electrons. The number of imidazole rings is 1. The van der Waals surface area contributed by atoms with E-state index in [2.05, 4.69) is 15.0 Å². The molecule has 0 aliphatic heterocycles. The molecule has 0 aromatic carbocycles. The maximum atomic E-state index is 13.6. The molecule has 2 aromatic rings. The molecule has 19 heavy (non-hydrogen) atoms. The predicted octanol–water partition coefficient (Wildman–Crippen LogP) is -1.83. The van der Waals surface area contributed by atoms with Crippen molar-refractivity contribution in [2.24, 2.45) is 0 Å². The molecular weight excluding hydrogens is 260 g/mol. The summed E-state index contributed by atoms with van der Waals surface area (Å²) in [5.74, 6) is -0.181. The highest BCUT2D eigenvalue weighted by atomic mass is 18.2. The van der Waals surface area contributed by atoms with Crippen LogP contribution in [0.5, 0.6) is 0 Å². The predicted molar refractivity (Wildman–Crippen MR) is 61.6 cm³/mol. The van der Waals surface area contributed by atoms with Gasteiger partial charge in [0.25, 0.3) is 11.6 Å². The van der Waals surface area contributed by atoms with E-state index in [-0.39, 0.29) is 23.8 Å². The number of aliphatic hydroxyl groups excluding tert-OH is 2. The maximum Gasteiger partial charge on any atom is 0.293 e. The van der Waals surface area contributed by atoms with Gasteiger partial charge in [-0.2, -0.15) is 14.4 Å².